The molecule has 3 heteroatoms. The second-order valence-electron chi connectivity index (χ2n) is 5.22. The van der Waals surface area contributed by atoms with E-state index in [2.05, 4.69) is 45.7 Å². The molecular weight excluding hydrogens is 276 g/mol. The number of rotatable bonds is 3. The van der Waals surface area contributed by atoms with Gasteiger partial charge in [-0.3, -0.25) is 4.68 Å². The Labute approximate surface area is 113 Å². The van der Waals surface area contributed by atoms with Crippen molar-refractivity contribution in [2.75, 3.05) is 0 Å². The predicted molar refractivity (Wildman–Crippen MR) is 75.6 cm³/mol. The maximum absolute atomic E-state index is 4.54. The summed E-state index contributed by atoms with van der Waals surface area (Å²) in [5, 5.41) is 4.54. The molecule has 1 fully saturated rings. The zero-order chi connectivity index (χ0) is 12.3. The summed E-state index contributed by atoms with van der Waals surface area (Å²) in [4.78, 5) is 0.699. The summed E-state index contributed by atoms with van der Waals surface area (Å²) >= 11 is 3.88. The molecule has 1 aliphatic rings. The summed E-state index contributed by atoms with van der Waals surface area (Å²) in [7, 11) is 2.08. The average molecular weight is 299 g/mol. The Kier molecular flexibility index (Phi) is 4.66. The Bertz CT molecular complexity index is 359. The summed E-state index contributed by atoms with van der Waals surface area (Å²) in [6.07, 6.45) is 9.11. The normalized spacial score (nSPS) is 25.8. The summed E-state index contributed by atoms with van der Waals surface area (Å²) < 4.78 is 2.07. The standard InChI is InChI=1S/C14H23BrN2/c1-3-12-10-13(17(2)16-12)9-11-7-5-4-6-8-14(11)15/h10-11,14H,3-9H2,1-2H3. The first-order valence-electron chi connectivity index (χ1n) is 6.86. The summed E-state index contributed by atoms with van der Waals surface area (Å²) in [5.74, 6) is 0.789. The Morgan fingerprint density at radius 3 is 2.82 bits per heavy atom. The molecule has 0 radical (unpaired) electrons. The van der Waals surface area contributed by atoms with Crippen LogP contribution in [-0.4, -0.2) is 14.6 Å². The molecule has 2 rings (SSSR count). The highest BCUT2D eigenvalue weighted by Gasteiger charge is 2.22. The molecule has 0 amide bonds. The van der Waals surface area contributed by atoms with Gasteiger partial charge in [-0.2, -0.15) is 5.10 Å². The lowest BCUT2D eigenvalue weighted by atomic mass is 9.94. The number of aryl methyl sites for hydroxylation is 2. The number of hydrogen-bond donors (Lipinski definition) is 0. The highest BCUT2D eigenvalue weighted by molar-refractivity contribution is 9.09. The molecule has 0 saturated heterocycles. The van der Waals surface area contributed by atoms with Crippen LogP contribution in [0.4, 0.5) is 0 Å². The fourth-order valence-corrected chi connectivity index (χ4v) is 3.55. The van der Waals surface area contributed by atoms with Gasteiger partial charge in [0.25, 0.3) is 0 Å². The lowest BCUT2D eigenvalue weighted by Crippen LogP contribution is -2.17. The van der Waals surface area contributed by atoms with Crippen LogP contribution >= 0.6 is 15.9 Å². The number of nitrogens with zero attached hydrogens (tertiary/aromatic N) is 2. The Morgan fingerprint density at radius 2 is 2.12 bits per heavy atom. The van der Waals surface area contributed by atoms with Crippen LogP contribution in [0.25, 0.3) is 0 Å². The lowest BCUT2D eigenvalue weighted by Gasteiger charge is -2.19. The van der Waals surface area contributed by atoms with Crippen molar-refractivity contribution >= 4 is 15.9 Å². The van der Waals surface area contributed by atoms with E-state index in [4.69, 9.17) is 0 Å². The van der Waals surface area contributed by atoms with E-state index in [1.165, 1.54) is 49.9 Å². The minimum Gasteiger partial charge on any atom is -0.272 e. The van der Waals surface area contributed by atoms with Gasteiger partial charge in [-0.1, -0.05) is 42.1 Å². The van der Waals surface area contributed by atoms with Gasteiger partial charge in [-0.05, 0) is 37.7 Å². The quantitative estimate of drug-likeness (QED) is 0.612. The maximum Gasteiger partial charge on any atom is 0.0624 e. The van der Waals surface area contributed by atoms with Crippen LogP contribution in [0.1, 0.15) is 50.4 Å². The molecule has 0 aromatic carbocycles. The minimum absolute atomic E-state index is 0.699. The zero-order valence-corrected chi connectivity index (χ0v) is 12.5. The Morgan fingerprint density at radius 1 is 1.35 bits per heavy atom. The molecule has 0 bridgehead atoms. The Hall–Kier alpha value is -0.310. The van der Waals surface area contributed by atoms with Crippen molar-refractivity contribution in [1.82, 2.24) is 9.78 Å². The zero-order valence-electron chi connectivity index (χ0n) is 11.0. The van der Waals surface area contributed by atoms with Crippen molar-refractivity contribution in [2.45, 2.75) is 56.7 Å². The van der Waals surface area contributed by atoms with E-state index in [9.17, 15) is 0 Å². The SMILES string of the molecule is CCc1cc(CC2CCCCCC2Br)n(C)n1. The second kappa shape index (κ2) is 6.03. The van der Waals surface area contributed by atoms with Gasteiger partial charge in [0.05, 0.1) is 5.69 Å². The third-order valence-corrected chi connectivity index (χ3v) is 5.13. The van der Waals surface area contributed by atoms with Gasteiger partial charge in [0, 0.05) is 17.6 Å². The monoisotopic (exact) mass is 298 g/mol. The molecule has 2 atom stereocenters. The topological polar surface area (TPSA) is 17.8 Å². The highest BCUT2D eigenvalue weighted by Crippen LogP contribution is 2.31. The second-order valence-corrected chi connectivity index (χ2v) is 6.40. The molecule has 0 aliphatic heterocycles. The molecule has 1 heterocycles. The molecule has 96 valence electrons. The fraction of sp³-hybridized carbons (Fsp3) is 0.786. The number of alkyl halides is 1. The summed E-state index contributed by atoms with van der Waals surface area (Å²) in [5.41, 5.74) is 2.63. The Balaban J connectivity index is 2.05. The smallest absolute Gasteiger partial charge is 0.0624 e. The molecule has 2 nitrogen and oxygen atoms in total. The van der Waals surface area contributed by atoms with Gasteiger partial charge in [-0.15, -0.1) is 0 Å². The van der Waals surface area contributed by atoms with Crippen molar-refractivity contribution in [3.05, 3.63) is 17.5 Å². The molecule has 0 N–H and O–H groups in total. The van der Waals surface area contributed by atoms with Crippen LogP contribution in [-0.2, 0) is 19.9 Å². The van der Waals surface area contributed by atoms with Crippen LogP contribution in [0.2, 0.25) is 0 Å². The molecule has 1 saturated carbocycles. The van der Waals surface area contributed by atoms with Crippen LogP contribution in [0.15, 0.2) is 6.07 Å². The largest absolute Gasteiger partial charge is 0.272 e. The number of hydrogen-bond acceptors (Lipinski definition) is 1. The molecule has 0 spiro atoms. The van der Waals surface area contributed by atoms with E-state index in [1.807, 2.05) is 0 Å². The number of halogens is 1. The van der Waals surface area contributed by atoms with Gasteiger partial charge in [-0.25, -0.2) is 0 Å². The molecule has 1 aromatic heterocycles. The van der Waals surface area contributed by atoms with Crippen LogP contribution < -0.4 is 0 Å². The lowest BCUT2D eigenvalue weighted by molar-refractivity contribution is 0.460. The van der Waals surface area contributed by atoms with Crippen LogP contribution in [0.5, 0.6) is 0 Å². The van der Waals surface area contributed by atoms with Gasteiger partial charge in [0.2, 0.25) is 0 Å². The van der Waals surface area contributed by atoms with Crippen molar-refractivity contribution < 1.29 is 0 Å². The third kappa shape index (κ3) is 3.34. The van der Waals surface area contributed by atoms with Crippen molar-refractivity contribution in [3.63, 3.8) is 0 Å². The van der Waals surface area contributed by atoms with Crippen LogP contribution in [0, 0.1) is 5.92 Å². The van der Waals surface area contributed by atoms with Crippen molar-refractivity contribution in [1.29, 1.82) is 0 Å². The van der Waals surface area contributed by atoms with Crippen molar-refractivity contribution in [2.24, 2.45) is 13.0 Å². The summed E-state index contributed by atoms with van der Waals surface area (Å²) in [6, 6.07) is 2.28. The average Bonchev–Trinajstić information content (AvgIpc) is 2.54. The third-order valence-electron chi connectivity index (χ3n) is 3.93. The van der Waals surface area contributed by atoms with E-state index in [0.29, 0.717) is 4.83 Å². The fourth-order valence-electron chi connectivity index (χ4n) is 2.77. The van der Waals surface area contributed by atoms with E-state index in [0.717, 1.165) is 12.3 Å². The molecular formula is C14H23BrN2. The van der Waals surface area contributed by atoms with E-state index in [1.54, 1.807) is 0 Å². The van der Waals surface area contributed by atoms with Crippen LogP contribution in [0.3, 0.4) is 0 Å². The molecule has 1 aromatic rings. The van der Waals surface area contributed by atoms with Gasteiger partial charge >= 0.3 is 0 Å². The van der Waals surface area contributed by atoms with E-state index >= 15 is 0 Å². The first-order chi connectivity index (χ1) is 8.20. The van der Waals surface area contributed by atoms with Gasteiger partial charge in [0.1, 0.15) is 0 Å². The van der Waals surface area contributed by atoms with E-state index in [-0.39, 0.29) is 0 Å². The minimum atomic E-state index is 0.699. The molecule has 2 unspecified atom stereocenters. The first kappa shape index (κ1) is 13.1. The highest BCUT2D eigenvalue weighted by atomic mass is 79.9. The maximum atomic E-state index is 4.54. The number of aromatic nitrogens is 2. The molecule has 17 heavy (non-hydrogen) atoms. The predicted octanol–water partition coefficient (Wildman–Crippen LogP) is 3.87. The summed E-state index contributed by atoms with van der Waals surface area (Å²) in [6.45, 7) is 2.17. The van der Waals surface area contributed by atoms with E-state index < -0.39 is 0 Å². The first-order valence-corrected chi connectivity index (χ1v) is 7.78. The molecule has 1 aliphatic carbocycles. The van der Waals surface area contributed by atoms with Gasteiger partial charge in [0.15, 0.2) is 0 Å². The van der Waals surface area contributed by atoms with Crippen molar-refractivity contribution in [3.8, 4) is 0 Å². The van der Waals surface area contributed by atoms with Gasteiger partial charge < -0.3 is 0 Å².